The van der Waals surface area contributed by atoms with Crippen LogP contribution in [0.1, 0.15) is 31.1 Å². The molecule has 0 aromatic heterocycles. The van der Waals surface area contributed by atoms with Gasteiger partial charge in [-0.1, -0.05) is 6.07 Å². The van der Waals surface area contributed by atoms with Crippen LogP contribution in [0.3, 0.4) is 0 Å². The Bertz CT molecular complexity index is 410. The summed E-state index contributed by atoms with van der Waals surface area (Å²) in [5.74, 6) is -2.45. The van der Waals surface area contributed by atoms with Crippen LogP contribution in [0.2, 0.25) is 0 Å². The summed E-state index contributed by atoms with van der Waals surface area (Å²) in [6.07, 6.45) is -1.98. The minimum absolute atomic E-state index is 0.115. The largest absolute Gasteiger partial charge is 0.479 e. The first-order chi connectivity index (χ1) is 7.23. The Morgan fingerprint density at radius 2 is 2.00 bits per heavy atom. The van der Waals surface area contributed by atoms with Gasteiger partial charge in [0.1, 0.15) is 11.5 Å². The summed E-state index contributed by atoms with van der Waals surface area (Å²) in [5.41, 5.74) is -2.04. The van der Waals surface area contributed by atoms with E-state index in [9.17, 15) is 18.7 Å². The van der Waals surface area contributed by atoms with E-state index in [4.69, 9.17) is 5.11 Å². The molecule has 2 N–H and O–H groups in total. The van der Waals surface area contributed by atoms with E-state index in [0.29, 0.717) is 0 Å². The lowest BCUT2D eigenvalue weighted by Crippen LogP contribution is -2.15. The number of carboxylic acid groups (broad SMARTS) is 1. The lowest BCUT2D eigenvalue weighted by molar-refractivity contribution is -0.147. The molecule has 16 heavy (non-hydrogen) atoms. The monoisotopic (exact) mass is 230 g/mol. The fraction of sp³-hybridized carbons (Fsp3) is 0.364. The summed E-state index contributed by atoms with van der Waals surface area (Å²) >= 11 is 0. The lowest BCUT2D eigenvalue weighted by Gasteiger charge is -2.17. The predicted octanol–water partition coefficient (Wildman–Crippen LogP) is 2.15. The van der Waals surface area contributed by atoms with Gasteiger partial charge < -0.3 is 10.2 Å². The number of rotatable bonds is 3. The summed E-state index contributed by atoms with van der Waals surface area (Å²) in [6.45, 7) is 2.52. The van der Waals surface area contributed by atoms with E-state index in [0.717, 1.165) is 12.1 Å². The molecule has 1 aromatic carbocycles. The van der Waals surface area contributed by atoms with Crippen molar-refractivity contribution in [2.45, 2.75) is 25.6 Å². The van der Waals surface area contributed by atoms with Gasteiger partial charge in [-0.25, -0.2) is 13.6 Å². The van der Waals surface area contributed by atoms with Gasteiger partial charge in [-0.15, -0.1) is 0 Å². The van der Waals surface area contributed by atoms with Crippen LogP contribution in [-0.4, -0.2) is 16.2 Å². The summed E-state index contributed by atoms with van der Waals surface area (Å²) in [4.78, 5) is 10.5. The van der Waals surface area contributed by atoms with E-state index in [-0.39, 0.29) is 5.56 Å². The van der Waals surface area contributed by atoms with E-state index in [1.807, 2.05) is 0 Å². The molecule has 0 aliphatic heterocycles. The van der Waals surface area contributed by atoms with Gasteiger partial charge in [0.2, 0.25) is 0 Å². The zero-order valence-corrected chi connectivity index (χ0v) is 8.87. The van der Waals surface area contributed by atoms with Gasteiger partial charge in [-0.05, 0) is 31.5 Å². The van der Waals surface area contributed by atoms with Gasteiger partial charge in [0.25, 0.3) is 0 Å². The molecule has 0 saturated carbocycles. The summed E-state index contributed by atoms with van der Waals surface area (Å²) < 4.78 is 26.8. The molecule has 1 rings (SSSR count). The van der Waals surface area contributed by atoms with Crippen molar-refractivity contribution in [1.29, 1.82) is 0 Å². The zero-order chi connectivity index (χ0) is 12.5. The van der Waals surface area contributed by atoms with Crippen molar-refractivity contribution >= 4 is 5.97 Å². The third kappa shape index (κ3) is 2.55. The van der Waals surface area contributed by atoms with Crippen LogP contribution in [0.25, 0.3) is 0 Å². The second-order valence-electron chi connectivity index (χ2n) is 3.95. The average molecular weight is 230 g/mol. The Morgan fingerprint density at radius 1 is 1.44 bits per heavy atom. The minimum atomic E-state index is -1.98. The highest BCUT2D eigenvalue weighted by atomic mass is 19.1. The molecule has 0 radical (unpaired) electrons. The second-order valence-corrected chi connectivity index (χ2v) is 3.95. The number of aliphatic hydroxyl groups excluding tert-OH is 1. The number of alkyl halides is 1. The zero-order valence-electron chi connectivity index (χ0n) is 8.87. The number of aliphatic hydroxyl groups is 1. The van der Waals surface area contributed by atoms with E-state index >= 15 is 0 Å². The average Bonchev–Trinajstić information content (AvgIpc) is 2.15. The van der Waals surface area contributed by atoms with Crippen molar-refractivity contribution in [3.05, 3.63) is 35.1 Å². The first kappa shape index (κ1) is 12.6. The Kier molecular flexibility index (Phi) is 3.28. The topological polar surface area (TPSA) is 57.5 Å². The Morgan fingerprint density at radius 3 is 2.44 bits per heavy atom. The molecule has 0 saturated heterocycles. The fourth-order valence-corrected chi connectivity index (χ4v) is 1.26. The number of benzene rings is 1. The quantitative estimate of drug-likeness (QED) is 0.836. The second kappa shape index (κ2) is 4.17. The SMILES string of the molecule is CC(C)(F)c1ccc(F)c(C(O)C(=O)O)c1. The van der Waals surface area contributed by atoms with Gasteiger partial charge in [0, 0.05) is 5.56 Å². The normalized spacial score (nSPS) is 13.6. The van der Waals surface area contributed by atoms with Crippen LogP contribution >= 0.6 is 0 Å². The molecule has 0 fully saturated rings. The van der Waals surface area contributed by atoms with Gasteiger partial charge in [-0.2, -0.15) is 0 Å². The summed E-state index contributed by atoms with van der Waals surface area (Å²) in [7, 11) is 0. The first-order valence-corrected chi connectivity index (χ1v) is 4.63. The highest BCUT2D eigenvalue weighted by Crippen LogP contribution is 2.28. The molecule has 0 amide bonds. The Labute approximate surface area is 91.3 Å². The van der Waals surface area contributed by atoms with Crippen molar-refractivity contribution in [1.82, 2.24) is 0 Å². The van der Waals surface area contributed by atoms with Crippen LogP contribution in [0, 0.1) is 5.82 Å². The van der Waals surface area contributed by atoms with Crippen molar-refractivity contribution in [3.63, 3.8) is 0 Å². The van der Waals surface area contributed by atoms with Gasteiger partial charge in [0.05, 0.1) is 0 Å². The van der Waals surface area contributed by atoms with Crippen LogP contribution in [0.4, 0.5) is 8.78 Å². The molecule has 1 aromatic rings. The minimum Gasteiger partial charge on any atom is -0.479 e. The standard InChI is InChI=1S/C11H12F2O3/c1-11(2,13)6-3-4-8(12)7(5-6)9(14)10(15)16/h3-5,9,14H,1-2H3,(H,15,16). The van der Waals surface area contributed by atoms with E-state index < -0.39 is 29.1 Å². The molecule has 0 spiro atoms. The molecule has 0 aliphatic rings. The molecular formula is C11H12F2O3. The highest BCUT2D eigenvalue weighted by molar-refractivity contribution is 5.74. The van der Waals surface area contributed by atoms with Crippen molar-refractivity contribution < 1.29 is 23.8 Å². The Balaban J connectivity index is 3.24. The molecule has 5 heteroatoms. The van der Waals surface area contributed by atoms with Crippen molar-refractivity contribution in [2.75, 3.05) is 0 Å². The third-order valence-corrected chi connectivity index (χ3v) is 2.21. The van der Waals surface area contributed by atoms with E-state index in [1.54, 1.807) is 0 Å². The molecule has 0 bridgehead atoms. The van der Waals surface area contributed by atoms with E-state index in [1.165, 1.54) is 19.9 Å². The van der Waals surface area contributed by atoms with Crippen LogP contribution in [0.15, 0.2) is 18.2 Å². The maximum atomic E-state index is 13.5. The molecule has 1 unspecified atom stereocenters. The van der Waals surface area contributed by atoms with Gasteiger partial charge in [-0.3, -0.25) is 0 Å². The van der Waals surface area contributed by atoms with E-state index in [2.05, 4.69) is 0 Å². The molecule has 1 atom stereocenters. The number of halogens is 2. The molecule has 88 valence electrons. The fourth-order valence-electron chi connectivity index (χ4n) is 1.26. The number of carbonyl (C=O) groups is 1. The Hall–Kier alpha value is -1.49. The number of hydrogen-bond donors (Lipinski definition) is 2. The lowest BCUT2D eigenvalue weighted by atomic mass is 9.96. The van der Waals surface area contributed by atoms with Crippen LogP contribution in [-0.2, 0) is 10.5 Å². The number of hydrogen-bond acceptors (Lipinski definition) is 2. The van der Waals surface area contributed by atoms with Gasteiger partial charge >= 0.3 is 5.97 Å². The number of aliphatic carboxylic acids is 1. The maximum absolute atomic E-state index is 13.5. The molecule has 0 aliphatic carbocycles. The molecule has 3 nitrogen and oxygen atoms in total. The summed E-state index contributed by atoms with van der Waals surface area (Å²) in [5, 5.41) is 17.7. The maximum Gasteiger partial charge on any atom is 0.337 e. The van der Waals surface area contributed by atoms with Gasteiger partial charge in [0.15, 0.2) is 6.10 Å². The van der Waals surface area contributed by atoms with Crippen molar-refractivity contribution in [2.24, 2.45) is 0 Å². The summed E-state index contributed by atoms with van der Waals surface area (Å²) in [6, 6.07) is 3.18. The molecular weight excluding hydrogens is 218 g/mol. The predicted molar refractivity (Wildman–Crippen MR) is 53.1 cm³/mol. The highest BCUT2D eigenvalue weighted by Gasteiger charge is 2.25. The first-order valence-electron chi connectivity index (χ1n) is 4.63. The van der Waals surface area contributed by atoms with Crippen molar-refractivity contribution in [3.8, 4) is 0 Å². The number of carboxylic acids is 1. The van der Waals surface area contributed by atoms with Crippen LogP contribution in [0.5, 0.6) is 0 Å². The third-order valence-electron chi connectivity index (χ3n) is 2.21. The molecule has 0 heterocycles. The smallest absolute Gasteiger partial charge is 0.337 e. The van der Waals surface area contributed by atoms with Crippen LogP contribution < -0.4 is 0 Å².